The third-order valence-electron chi connectivity index (χ3n) is 6.92. The number of aliphatic carboxylic acids is 1. The Bertz CT molecular complexity index is 1020. The molecule has 7 nitrogen and oxygen atoms in total. The fraction of sp³-hybridized carbons (Fsp3) is 0.423. The fourth-order valence-corrected chi connectivity index (χ4v) is 4.81. The Hall–Kier alpha value is -3.35. The summed E-state index contributed by atoms with van der Waals surface area (Å²) in [5.41, 5.74) is 3.50. The standard InChI is InChI=1S/C26H30N2O5/c1-3-8-17(23(29)28(2)26(13-14-26)24(30)31)15-27-25(32)33-16-22-20-11-6-4-9-18(20)19-10-5-7-12-21(19)22/h4-7,9-12,17,22H,3,8,13-16H2,1-2H3,(H,27,32)(H,30,31). The molecule has 1 saturated carbocycles. The maximum Gasteiger partial charge on any atom is 0.407 e. The average molecular weight is 451 g/mol. The van der Waals surface area contributed by atoms with Crippen molar-refractivity contribution in [1.82, 2.24) is 10.2 Å². The van der Waals surface area contributed by atoms with Gasteiger partial charge >= 0.3 is 12.1 Å². The second kappa shape index (κ2) is 9.25. The summed E-state index contributed by atoms with van der Waals surface area (Å²) >= 11 is 0. The molecule has 0 heterocycles. The van der Waals surface area contributed by atoms with Crippen LogP contribution in [-0.4, -0.2) is 53.7 Å². The number of nitrogens with zero attached hydrogens (tertiary/aromatic N) is 1. The van der Waals surface area contributed by atoms with Crippen molar-refractivity contribution in [3.8, 4) is 11.1 Å². The van der Waals surface area contributed by atoms with E-state index in [1.165, 1.54) is 4.90 Å². The van der Waals surface area contributed by atoms with E-state index >= 15 is 0 Å². The molecule has 0 saturated heterocycles. The van der Waals surface area contributed by atoms with Gasteiger partial charge in [-0.2, -0.15) is 0 Å². The van der Waals surface area contributed by atoms with E-state index in [0.717, 1.165) is 28.7 Å². The maximum absolute atomic E-state index is 12.9. The van der Waals surface area contributed by atoms with Crippen LogP contribution in [0, 0.1) is 5.92 Å². The number of likely N-dealkylation sites (N-methyl/N-ethyl adjacent to an activating group) is 1. The molecule has 33 heavy (non-hydrogen) atoms. The van der Waals surface area contributed by atoms with Crippen LogP contribution in [-0.2, 0) is 14.3 Å². The van der Waals surface area contributed by atoms with E-state index in [-0.39, 0.29) is 25.0 Å². The van der Waals surface area contributed by atoms with Crippen LogP contribution in [0.25, 0.3) is 11.1 Å². The summed E-state index contributed by atoms with van der Waals surface area (Å²) in [4.78, 5) is 38.4. The lowest BCUT2D eigenvalue weighted by Crippen LogP contribution is -2.49. The molecule has 1 unspecified atom stereocenters. The molecule has 0 aromatic heterocycles. The van der Waals surface area contributed by atoms with Gasteiger partial charge in [-0.15, -0.1) is 0 Å². The van der Waals surface area contributed by atoms with E-state index in [0.29, 0.717) is 19.3 Å². The molecule has 2 N–H and O–H groups in total. The molecule has 0 radical (unpaired) electrons. The number of rotatable bonds is 9. The predicted octanol–water partition coefficient (Wildman–Crippen LogP) is 4.02. The molecule has 4 rings (SSSR count). The SMILES string of the molecule is CCCC(CNC(=O)OCC1c2ccccc2-c2ccccc21)C(=O)N(C)C1(C(=O)O)CC1. The number of alkyl carbamates (subject to hydrolysis) is 1. The van der Waals surface area contributed by atoms with Crippen LogP contribution in [0.5, 0.6) is 0 Å². The summed E-state index contributed by atoms with van der Waals surface area (Å²) in [7, 11) is 1.54. The smallest absolute Gasteiger partial charge is 0.407 e. The van der Waals surface area contributed by atoms with Crippen LogP contribution in [0.3, 0.4) is 0 Å². The molecule has 2 aliphatic rings. The normalized spacial score (nSPS) is 16.3. The zero-order valence-corrected chi connectivity index (χ0v) is 19.0. The monoisotopic (exact) mass is 450 g/mol. The number of carbonyl (C=O) groups is 3. The summed E-state index contributed by atoms with van der Waals surface area (Å²) in [6, 6.07) is 16.3. The van der Waals surface area contributed by atoms with Crippen LogP contribution in [0.15, 0.2) is 48.5 Å². The number of hydrogen-bond acceptors (Lipinski definition) is 4. The molecular formula is C26H30N2O5. The molecule has 174 valence electrons. The van der Waals surface area contributed by atoms with Gasteiger partial charge < -0.3 is 20.1 Å². The number of amides is 2. The van der Waals surface area contributed by atoms with Crippen molar-refractivity contribution in [3.63, 3.8) is 0 Å². The topological polar surface area (TPSA) is 95.9 Å². The van der Waals surface area contributed by atoms with Crippen LogP contribution in [0.2, 0.25) is 0 Å². The molecule has 2 aliphatic carbocycles. The summed E-state index contributed by atoms with van der Waals surface area (Å²) < 4.78 is 5.56. The van der Waals surface area contributed by atoms with Crippen molar-refractivity contribution < 1.29 is 24.2 Å². The third kappa shape index (κ3) is 4.32. The van der Waals surface area contributed by atoms with Gasteiger partial charge in [0.2, 0.25) is 5.91 Å². The Labute approximate surface area is 193 Å². The number of carboxylic acid groups (broad SMARTS) is 1. The number of ether oxygens (including phenoxy) is 1. The zero-order valence-electron chi connectivity index (χ0n) is 19.0. The molecule has 1 fully saturated rings. The number of nitrogens with one attached hydrogen (secondary N) is 1. The highest BCUT2D eigenvalue weighted by molar-refractivity contribution is 5.90. The Morgan fingerprint density at radius 1 is 1.09 bits per heavy atom. The fourth-order valence-electron chi connectivity index (χ4n) is 4.81. The number of carbonyl (C=O) groups excluding carboxylic acids is 2. The molecule has 2 amide bonds. The first-order chi connectivity index (χ1) is 15.9. The Kier molecular flexibility index (Phi) is 6.40. The minimum Gasteiger partial charge on any atom is -0.479 e. The number of fused-ring (bicyclic) bond motifs is 3. The number of hydrogen-bond donors (Lipinski definition) is 2. The van der Waals surface area contributed by atoms with E-state index in [2.05, 4.69) is 29.6 Å². The van der Waals surface area contributed by atoms with E-state index in [4.69, 9.17) is 4.74 Å². The van der Waals surface area contributed by atoms with Gasteiger partial charge in [0.15, 0.2) is 0 Å². The van der Waals surface area contributed by atoms with Crippen molar-refractivity contribution in [2.45, 2.75) is 44.1 Å². The van der Waals surface area contributed by atoms with Crippen molar-refractivity contribution in [3.05, 3.63) is 59.7 Å². The van der Waals surface area contributed by atoms with Gasteiger partial charge in [-0.05, 0) is 41.5 Å². The van der Waals surface area contributed by atoms with Gasteiger partial charge in [0, 0.05) is 19.5 Å². The van der Waals surface area contributed by atoms with Crippen molar-refractivity contribution in [1.29, 1.82) is 0 Å². The molecule has 2 aromatic rings. The molecule has 0 bridgehead atoms. The first kappa shape index (κ1) is 22.8. The lowest BCUT2D eigenvalue weighted by molar-refractivity contribution is -0.152. The second-order valence-corrected chi connectivity index (χ2v) is 8.93. The Balaban J connectivity index is 1.36. The van der Waals surface area contributed by atoms with Gasteiger partial charge in [-0.3, -0.25) is 4.79 Å². The highest BCUT2D eigenvalue weighted by Gasteiger charge is 2.56. The molecule has 2 aromatic carbocycles. The second-order valence-electron chi connectivity index (χ2n) is 8.93. The van der Waals surface area contributed by atoms with E-state index < -0.39 is 23.5 Å². The first-order valence-electron chi connectivity index (χ1n) is 11.5. The van der Waals surface area contributed by atoms with Gasteiger partial charge in [0.1, 0.15) is 12.1 Å². The molecular weight excluding hydrogens is 420 g/mol. The van der Waals surface area contributed by atoms with Crippen LogP contribution >= 0.6 is 0 Å². The molecule has 1 atom stereocenters. The van der Waals surface area contributed by atoms with E-state index in [1.807, 2.05) is 31.2 Å². The van der Waals surface area contributed by atoms with Crippen molar-refractivity contribution >= 4 is 18.0 Å². The Morgan fingerprint density at radius 2 is 1.67 bits per heavy atom. The first-order valence-corrected chi connectivity index (χ1v) is 11.5. The molecule has 0 spiro atoms. The highest BCUT2D eigenvalue weighted by atomic mass is 16.5. The molecule has 7 heteroatoms. The largest absolute Gasteiger partial charge is 0.479 e. The minimum atomic E-state index is -1.09. The third-order valence-corrected chi connectivity index (χ3v) is 6.92. The van der Waals surface area contributed by atoms with Gasteiger partial charge in [0.25, 0.3) is 0 Å². The summed E-state index contributed by atoms with van der Waals surface area (Å²) in [5, 5.41) is 12.2. The lowest BCUT2D eigenvalue weighted by Gasteiger charge is -2.29. The minimum absolute atomic E-state index is 0.0346. The van der Waals surface area contributed by atoms with Crippen molar-refractivity contribution in [2.24, 2.45) is 5.92 Å². The maximum atomic E-state index is 12.9. The van der Waals surface area contributed by atoms with Crippen molar-refractivity contribution in [2.75, 3.05) is 20.2 Å². The zero-order chi connectivity index (χ0) is 23.6. The van der Waals surface area contributed by atoms with Crippen LogP contribution in [0.1, 0.15) is 49.7 Å². The predicted molar refractivity (Wildman–Crippen MR) is 124 cm³/mol. The molecule has 0 aliphatic heterocycles. The van der Waals surface area contributed by atoms with Crippen LogP contribution < -0.4 is 5.32 Å². The quantitative estimate of drug-likeness (QED) is 0.602. The van der Waals surface area contributed by atoms with E-state index in [1.54, 1.807) is 7.05 Å². The lowest BCUT2D eigenvalue weighted by atomic mass is 9.98. The Morgan fingerprint density at radius 3 is 2.18 bits per heavy atom. The van der Waals surface area contributed by atoms with Gasteiger partial charge in [-0.1, -0.05) is 61.9 Å². The number of carboxylic acids is 1. The van der Waals surface area contributed by atoms with Gasteiger partial charge in [0.05, 0.1) is 5.92 Å². The van der Waals surface area contributed by atoms with E-state index in [9.17, 15) is 19.5 Å². The van der Waals surface area contributed by atoms with Crippen LogP contribution in [0.4, 0.5) is 4.79 Å². The summed E-state index contributed by atoms with van der Waals surface area (Å²) in [6.45, 7) is 2.27. The summed E-state index contributed by atoms with van der Waals surface area (Å²) in [6.07, 6.45) is 1.65. The number of benzene rings is 2. The average Bonchev–Trinajstić information content (AvgIpc) is 3.58. The van der Waals surface area contributed by atoms with Gasteiger partial charge in [-0.25, -0.2) is 9.59 Å². The summed E-state index contributed by atoms with van der Waals surface area (Å²) in [5.74, 6) is -1.75. The highest BCUT2D eigenvalue weighted by Crippen LogP contribution is 2.44.